The molecule has 1 unspecified atom stereocenters. The van der Waals surface area contributed by atoms with Crippen molar-refractivity contribution < 1.29 is 13.8 Å². The van der Waals surface area contributed by atoms with Crippen LogP contribution in [-0.4, -0.2) is 62.6 Å². The third kappa shape index (κ3) is 5.74. The molecule has 0 aromatic carbocycles. The van der Waals surface area contributed by atoms with E-state index in [1.165, 1.54) is 40.4 Å². The number of thiazole rings is 1. The molecule has 0 N–H and O–H groups in total. The van der Waals surface area contributed by atoms with Gasteiger partial charge in [0.05, 0.1) is 21.1 Å². The van der Waals surface area contributed by atoms with Gasteiger partial charge >= 0.3 is 11.8 Å². The molecule has 2 amide bonds. The zero-order valence-corrected chi connectivity index (χ0v) is 16.6. The van der Waals surface area contributed by atoms with Crippen LogP contribution in [0.4, 0.5) is 4.20 Å². The standard InChI is InChI=1S/C14H15FN5O2PS.C3H6/c15-23-7-6-19-4-5-20(14(22)13(19)21)9-10-1-2-11(18-17-10)12-16-3-8-24-12;1-2-3-1/h1-3,8,23H,4-7,9H2;1-3H2. The first-order chi connectivity index (χ1) is 13.2. The number of carbonyl (C=O) groups excluding carboxylic acids is 2. The van der Waals surface area contributed by atoms with Gasteiger partial charge in [-0.1, -0.05) is 19.3 Å². The number of hydrogen-bond acceptors (Lipinski definition) is 6. The highest BCUT2D eigenvalue weighted by molar-refractivity contribution is 7.31. The molecule has 2 aromatic heterocycles. The molecule has 0 bridgehead atoms. The topological polar surface area (TPSA) is 79.3 Å². The highest BCUT2D eigenvalue weighted by Gasteiger charge is 2.32. The summed E-state index contributed by atoms with van der Waals surface area (Å²) in [7, 11) is -0.717. The van der Waals surface area contributed by atoms with Crippen molar-refractivity contribution in [2.24, 2.45) is 0 Å². The minimum absolute atomic E-state index is 0.231. The Morgan fingerprint density at radius 2 is 1.81 bits per heavy atom. The lowest BCUT2D eigenvalue weighted by atomic mass is 10.2. The number of halogens is 1. The zero-order valence-electron chi connectivity index (χ0n) is 14.8. The number of rotatable bonds is 6. The van der Waals surface area contributed by atoms with Crippen LogP contribution in [0, 0.1) is 0 Å². The zero-order chi connectivity index (χ0) is 19.1. The predicted octanol–water partition coefficient (Wildman–Crippen LogP) is 2.50. The molecule has 1 saturated heterocycles. The third-order valence-corrected chi connectivity index (χ3v) is 5.16. The second-order valence-corrected chi connectivity index (χ2v) is 7.87. The summed E-state index contributed by atoms with van der Waals surface area (Å²) in [4.78, 5) is 31.2. The molecular weight excluding hydrogens is 388 g/mol. The Morgan fingerprint density at radius 3 is 2.41 bits per heavy atom. The number of nitrogens with zero attached hydrogens (tertiary/aromatic N) is 5. The maximum atomic E-state index is 12.2. The molecule has 0 radical (unpaired) electrons. The summed E-state index contributed by atoms with van der Waals surface area (Å²) >= 11 is 1.47. The number of carbonyl (C=O) groups is 2. The fourth-order valence-corrected chi connectivity index (χ4v) is 3.32. The van der Waals surface area contributed by atoms with Crippen LogP contribution >= 0.6 is 20.2 Å². The monoisotopic (exact) mass is 409 g/mol. The molecule has 1 saturated carbocycles. The van der Waals surface area contributed by atoms with E-state index in [2.05, 4.69) is 15.2 Å². The lowest BCUT2D eigenvalue weighted by Crippen LogP contribution is -2.54. The van der Waals surface area contributed by atoms with Crippen LogP contribution in [0.25, 0.3) is 10.7 Å². The molecule has 1 atom stereocenters. The summed E-state index contributed by atoms with van der Waals surface area (Å²) in [6, 6.07) is 3.57. The normalized spacial score (nSPS) is 16.6. The molecule has 1 aliphatic heterocycles. The Hall–Kier alpha value is -1.99. The molecule has 3 heterocycles. The molecule has 2 fully saturated rings. The molecule has 2 aromatic rings. The molecule has 1 aliphatic carbocycles. The van der Waals surface area contributed by atoms with Crippen LogP contribution in [0.1, 0.15) is 25.0 Å². The van der Waals surface area contributed by atoms with Gasteiger partial charge in [0.25, 0.3) is 0 Å². The lowest BCUT2D eigenvalue weighted by Gasteiger charge is -2.33. The summed E-state index contributed by atoms with van der Waals surface area (Å²) in [5.74, 6) is -1.15. The lowest BCUT2D eigenvalue weighted by molar-refractivity contribution is -0.156. The largest absolute Gasteiger partial charge is 0.332 e. The second kappa shape index (κ2) is 9.80. The van der Waals surface area contributed by atoms with Gasteiger partial charge in [-0.05, 0) is 12.1 Å². The number of piperazine rings is 1. The summed E-state index contributed by atoms with van der Waals surface area (Å²) in [6.45, 7) is 1.35. The van der Waals surface area contributed by atoms with E-state index in [1.807, 2.05) is 5.38 Å². The molecule has 0 spiro atoms. The molecule has 10 heteroatoms. The Kier molecular flexibility index (Phi) is 7.18. The van der Waals surface area contributed by atoms with Gasteiger partial charge in [-0.25, -0.2) is 9.18 Å². The van der Waals surface area contributed by atoms with Gasteiger partial charge < -0.3 is 9.80 Å². The molecule has 7 nitrogen and oxygen atoms in total. The molecular formula is C17H21FN5O2PS. The average molecular weight is 409 g/mol. The highest BCUT2D eigenvalue weighted by atomic mass is 32.1. The molecule has 2 aliphatic rings. The van der Waals surface area contributed by atoms with Crippen LogP contribution in [0.5, 0.6) is 0 Å². The molecule has 4 rings (SSSR count). The van der Waals surface area contributed by atoms with Crippen molar-refractivity contribution in [2.45, 2.75) is 25.8 Å². The Morgan fingerprint density at radius 1 is 1.07 bits per heavy atom. The quantitative estimate of drug-likeness (QED) is 0.541. The Balaban J connectivity index is 0.000000637. The van der Waals surface area contributed by atoms with E-state index < -0.39 is 20.7 Å². The summed E-state index contributed by atoms with van der Waals surface area (Å²) in [6.07, 6.45) is 6.48. The van der Waals surface area contributed by atoms with Crippen molar-refractivity contribution in [1.29, 1.82) is 0 Å². The van der Waals surface area contributed by atoms with Crippen LogP contribution in [-0.2, 0) is 16.1 Å². The van der Waals surface area contributed by atoms with Crippen molar-refractivity contribution in [3.8, 4) is 10.7 Å². The third-order valence-electron chi connectivity index (χ3n) is 3.95. The number of aromatic nitrogens is 3. The van der Waals surface area contributed by atoms with Gasteiger partial charge in [0, 0.05) is 37.4 Å². The van der Waals surface area contributed by atoms with E-state index in [-0.39, 0.29) is 19.3 Å². The van der Waals surface area contributed by atoms with Gasteiger partial charge in [0.1, 0.15) is 10.7 Å². The van der Waals surface area contributed by atoms with Gasteiger partial charge in [-0.15, -0.1) is 16.4 Å². The first kappa shape index (κ1) is 19.8. The van der Waals surface area contributed by atoms with Crippen LogP contribution in [0.15, 0.2) is 23.7 Å². The average Bonchev–Trinajstić information content (AvgIpc) is 3.48. The van der Waals surface area contributed by atoms with E-state index in [9.17, 15) is 13.8 Å². The summed E-state index contributed by atoms with van der Waals surface area (Å²) in [5.41, 5.74) is 1.28. The van der Waals surface area contributed by atoms with Crippen molar-refractivity contribution in [1.82, 2.24) is 25.0 Å². The van der Waals surface area contributed by atoms with Crippen molar-refractivity contribution >= 4 is 32.0 Å². The highest BCUT2D eigenvalue weighted by Crippen LogP contribution is 2.19. The Labute approximate surface area is 162 Å². The van der Waals surface area contributed by atoms with Gasteiger partial charge in [0.2, 0.25) is 0 Å². The second-order valence-electron chi connectivity index (χ2n) is 6.21. The smallest absolute Gasteiger partial charge is 0.312 e. The first-order valence-electron chi connectivity index (χ1n) is 8.83. The minimum atomic E-state index is -0.717. The van der Waals surface area contributed by atoms with Crippen LogP contribution in [0.2, 0.25) is 0 Å². The fraction of sp³-hybridized carbons (Fsp3) is 0.471. The van der Waals surface area contributed by atoms with E-state index in [0.717, 1.165) is 5.01 Å². The van der Waals surface area contributed by atoms with Gasteiger partial charge in [0.15, 0.2) is 0 Å². The van der Waals surface area contributed by atoms with Gasteiger partial charge in [-0.3, -0.25) is 9.59 Å². The fourth-order valence-electron chi connectivity index (χ4n) is 2.36. The van der Waals surface area contributed by atoms with E-state index in [0.29, 0.717) is 24.5 Å². The predicted molar refractivity (Wildman–Crippen MR) is 103 cm³/mol. The molecule has 27 heavy (non-hydrogen) atoms. The SMILES string of the molecule is C1CC1.O=C1C(=O)N(Cc2ccc(-c3nccs3)nn2)CCN1CCPF. The molecule has 144 valence electrons. The van der Waals surface area contributed by atoms with Crippen LogP contribution in [0.3, 0.4) is 0 Å². The van der Waals surface area contributed by atoms with Crippen molar-refractivity contribution in [3.63, 3.8) is 0 Å². The van der Waals surface area contributed by atoms with Crippen molar-refractivity contribution in [2.75, 3.05) is 25.8 Å². The minimum Gasteiger partial charge on any atom is -0.332 e. The van der Waals surface area contributed by atoms with E-state index in [1.54, 1.807) is 18.3 Å². The van der Waals surface area contributed by atoms with Crippen molar-refractivity contribution in [3.05, 3.63) is 29.4 Å². The van der Waals surface area contributed by atoms with Gasteiger partial charge in [-0.2, -0.15) is 5.10 Å². The maximum absolute atomic E-state index is 12.2. The van der Waals surface area contributed by atoms with Crippen LogP contribution < -0.4 is 0 Å². The summed E-state index contributed by atoms with van der Waals surface area (Å²) in [5, 5.41) is 10.9. The van der Waals surface area contributed by atoms with E-state index in [4.69, 9.17) is 0 Å². The first-order valence-corrected chi connectivity index (χ1v) is 10.8. The van der Waals surface area contributed by atoms with E-state index >= 15 is 0 Å². The number of amides is 2. The Bertz CT molecular complexity index is 754. The number of hydrogen-bond donors (Lipinski definition) is 0. The maximum Gasteiger partial charge on any atom is 0.312 e. The summed E-state index contributed by atoms with van der Waals surface area (Å²) < 4.78 is 12.2.